The minimum atomic E-state index is -1.39. The Morgan fingerprint density at radius 2 is 1.32 bits per heavy atom. The van der Waals surface area contributed by atoms with Gasteiger partial charge in [-0.25, -0.2) is 9.78 Å². The number of amides is 3. The van der Waals surface area contributed by atoms with E-state index in [1.807, 2.05) is 128 Å². The van der Waals surface area contributed by atoms with Crippen LogP contribution in [0.3, 0.4) is 0 Å². The van der Waals surface area contributed by atoms with Gasteiger partial charge in [-0.1, -0.05) is 121 Å². The molecule has 348 valence electrons. The summed E-state index contributed by atoms with van der Waals surface area (Å²) in [6, 6.07) is 37.4. The van der Waals surface area contributed by atoms with Crippen molar-refractivity contribution in [2.45, 2.75) is 82.6 Å². The maximum atomic E-state index is 14.5. The van der Waals surface area contributed by atoms with Gasteiger partial charge in [0.25, 0.3) is 0 Å². The van der Waals surface area contributed by atoms with Crippen LogP contribution in [0.15, 0.2) is 127 Å². The smallest absolute Gasteiger partial charge is 0.407 e. The molecule has 0 unspecified atom stereocenters. The third-order valence-electron chi connectivity index (χ3n) is 11.4. The zero-order chi connectivity index (χ0) is 46.3. The number of hydrogen-bond acceptors (Lipinski definition) is 12. The molecular weight excluding hydrogens is 865 g/mol. The molecule has 7 rings (SSSR count). The van der Waals surface area contributed by atoms with Crippen LogP contribution in [0.25, 0.3) is 0 Å². The molecule has 1 spiro atoms. The first-order valence-corrected chi connectivity index (χ1v) is 22.7. The van der Waals surface area contributed by atoms with Crippen molar-refractivity contribution in [1.29, 1.82) is 5.41 Å². The van der Waals surface area contributed by atoms with E-state index in [1.165, 1.54) is 16.2 Å². The standard InChI is InChI=1S/C49H56N6O10S/c1-34(60-28-35-14-6-2-7-15-35)44(62-30-37-18-10-4-11-19-37)45(63-31-38-20-12-5-13-21-38)41(61-29-36-16-8-3-9-17-36)26-54(48(58)59)27-43(56)55-33-49(64-22-23-65-49)24-40(55)47(57)52-25-42-53-39(32-66-42)46(50)51/h2-21,32,34,40-41,44-45H,22-31,33H2,1H3,(H3,50,51)(H,52,57)(H,58,59)/t34-,40-,41-,44-,45-/m0/s1. The van der Waals surface area contributed by atoms with Crippen LogP contribution >= 0.6 is 11.3 Å². The average molecular weight is 921 g/mol. The number of nitrogens with two attached hydrogens (primary N) is 1. The van der Waals surface area contributed by atoms with Crippen LogP contribution in [0.4, 0.5) is 4.79 Å². The first kappa shape index (κ1) is 47.9. The number of likely N-dealkylation sites (tertiary alicyclic amines) is 1. The Morgan fingerprint density at radius 1 is 0.818 bits per heavy atom. The molecule has 1 aromatic heterocycles. The maximum absolute atomic E-state index is 14.5. The van der Waals surface area contributed by atoms with Gasteiger partial charge in [-0.15, -0.1) is 11.3 Å². The molecule has 16 nitrogen and oxygen atoms in total. The Bertz CT molecular complexity index is 2320. The van der Waals surface area contributed by atoms with E-state index in [0.29, 0.717) is 10.7 Å². The summed E-state index contributed by atoms with van der Waals surface area (Å²) in [5.74, 6) is -2.56. The molecule has 0 bridgehead atoms. The summed E-state index contributed by atoms with van der Waals surface area (Å²) in [5.41, 5.74) is 9.44. The van der Waals surface area contributed by atoms with Gasteiger partial charge in [0, 0.05) is 11.8 Å². The SMILES string of the molecule is C[C@H](OCc1ccccc1)[C@H](OCc1ccccc1)[C@@H](OCc1ccccc1)[C@H](CN(CC(=O)N1CC2(C[C@H]1C(=O)NCc1nc(C(=N)N)cs1)OCCO2)C(=O)O)OCc1ccccc1. The summed E-state index contributed by atoms with van der Waals surface area (Å²) < 4.78 is 38.7. The van der Waals surface area contributed by atoms with Crippen LogP contribution in [0.5, 0.6) is 0 Å². The lowest BCUT2D eigenvalue weighted by molar-refractivity contribution is -0.189. The number of amidine groups is 1. The van der Waals surface area contributed by atoms with Crippen molar-refractivity contribution in [2.75, 3.05) is 32.8 Å². The molecule has 66 heavy (non-hydrogen) atoms. The van der Waals surface area contributed by atoms with Crippen LogP contribution in [0.1, 0.15) is 46.3 Å². The number of carbonyl (C=O) groups is 3. The molecule has 5 N–H and O–H groups in total. The Hall–Kier alpha value is -6.05. The van der Waals surface area contributed by atoms with Gasteiger partial charge in [0.1, 0.15) is 47.4 Å². The van der Waals surface area contributed by atoms with Crippen LogP contribution in [0.2, 0.25) is 0 Å². The van der Waals surface area contributed by atoms with E-state index in [0.717, 1.165) is 27.2 Å². The summed E-state index contributed by atoms with van der Waals surface area (Å²) in [5, 5.41) is 23.5. The summed E-state index contributed by atoms with van der Waals surface area (Å²) in [7, 11) is 0. The van der Waals surface area contributed by atoms with Crippen LogP contribution < -0.4 is 11.1 Å². The van der Waals surface area contributed by atoms with Gasteiger partial charge < -0.3 is 49.5 Å². The fourth-order valence-corrected chi connectivity index (χ4v) is 8.62. The van der Waals surface area contributed by atoms with Crippen molar-refractivity contribution in [1.82, 2.24) is 20.1 Å². The fraction of sp³-hybridized carbons (Fsp3) is 0.367. The van der Waals surface area contributed by atoms with Crippen molar-refractivity contribution in [2.24, 2.45) is 5.73 Å². The number of thiazole rings is 1. The molecule has 5 aromatic rings. The number of ether oxygens (including phenoxy) is 6. The van der Waals surface area contributed by atoms with Gasteiger partial charge in [0.15, 0.2) is 5.79 Å². The zero-order valence-electron chi connectivity index (χ0n) is 36.7. The number of nitrogens with zero attached hydrogens (tertiary/aromatic N) is 3. The van der Waals surface area contributed by atoms with Crippen molar-refractivity contribution >= 4 is 35.1 Å². The average Bonchev–Trinajstić information content (AvgIpc) is 4.12. The van der Waals surface area contributed by atoms with E-state index in [1.54, 1.807) is 5.38 Å². The molecule has 17 heteroatoms. The third kappa shape index (κ3) is 13.3. The molecule has 0 saturated carbocycles. The largest absolute Gasteiger partial charge is 0.465 e. The topological polar surface area (TPSA) is 208 Å². The molecule has 3 heterocycles. The number of hydrogen-bond donors (Lipinski definition) is 4. The van der Waals surface area contributed by atoms with Gasteiger partial charge >= 0.3 is 6.09 Å². The molecule has 2 aliphatic rings. The normalized spacial score (nSPS) is 17.2. The Morgan fingerprint density at radius 3 is 1.82 bits per heavy atom. The first-order chi connectivity index (χ1) is 32.1. The third-order valence-corrected chi connectivity index (χ3v) is 12.2. The van der Waals surface area contributed by atoms with Crippen molar-refractivity contribution in [3.63, 3.8) is 0 Å². The van der Waals surface area contributed by atoms with E-state index >= 15 is 0 Å². The highest BCUT2D eigenvalue weighted by atomic mass is 32.1. The van der Waals surface area contributed by atoms with Gasteiger partial charge in [0.05, 0.1) is 65.4 Å². The highest BCUT2D eigenvalue weighted by Gasteiger charge is 2.53. The molecule has 0 aliphatic carbocycles. The fourth-order valence-electron chi connectivity index (χ4n) is 7.89. The van der Waals surface area contributed by atoms with Crippen molar-refractivity contribution < 1.29 is 47.9 Å². The Balaban J connectivity index is 1.18. The van der Waals surface area contributed by atoms with Crippen LogP contribution in [0, 0.1) is 5.41 Å². The van der Waals surface area contributed by atoms with Crippen LogP contribution in [-0.4, -0.2) is 113 Å². The second kappa shape index (κ2) is 23.4. The van der Waals surface area contributed by atoms with Gasteiger partial charge in [-0.2, -0.15) is 0 Å². The molecule has 2 fully saturated rings. The number of carbonyl (C=O) groups excluding carboxylic acids is 2. The molecule has 2 saturated heterocycles. The zero-order valence-corrected chi connectivity index (χ0v) is 37.6. The monoisotopic (exact) mass is 920 g/mol. The lowest BCUT2D eigenvalue weighted by Gasteiger charge is -2.38. The number of rotatable bonds is 23. The van der Waals surface area contributed by atoms with Gasteiger partial charge in [0.2, 0.25) is 11.8 Å². The van der Waals surface area contributed by atoms with E-state index in [-0.39, 0.29) is 71.5 Å². The summed E-state index contributed by atoms with van der Waals surface area (Å²) >= 11 is 1.23. The highest BCUT2D eigenvalue weighted by Crippen LogP contribution is 2.35. The second-order valence-electron chi connectivity index (χ2n) is 16.1. The minimum Gasteiger partial charge on any atom is -0.465 e. The van der Waals surface area contributed by atoms with Gasteiger partial charge in [-0.05, 0) is 29.2 Å². The maximum Gasteiger partial charge on any atom is 0.407 e. The molecule has 4 aromatic carbocycles. The lowest BCUT2D eigenvalue weighted by atomic mass is 10.0. The van der Waals surface area contributed by atoms with E-state index in [2.05, 4.69) is 10.3 Å². The summed E-state index contributed by atoms with van der Waals surface area (Å²) in [6.07, 6.45) is -4.76. The highest BCUT2D eigenvalue weighted by molar-refractivity contribution is 7.09. The number of benzene rings is 4. The van der Waals surface area contributed by atoms with Crippen molar-refractivity contribution in [3.8, 4) is 0 Å². The number of nitrogen functional groups attached to an aromatic ring is 1. The van der Waals surface area contributed by atoms with E-state index in [9.17, 15) is 19.5 Å². The number of nitrogens with one attached hydrogen (secondary N) is 2. The molecular formula is C49H56N6O10S. The number of carboxylic acid groups (broad SMARTS) is 1. The second-order valence-corrected chi connectivity index (χ2v) is 17.1. The molecule has 2 aliphatic heterocycles. The lowest BCUT2D eigenvalue weighted by Crippen LogP contribution is -2.55. The molecule has 5 atom stereocenters. The Kier molecular flexibility index (Phi) is 17.0. The van der Waals surface area contributed by atoms with Crippen molar-refractivity contribution in [3.05, 3.63) is 160 Å². The van der Waals surface area contributed by atoms with E-state index in [4.69, 9.17) is 39.6 Å². The molecule has 0 radical (unpaired) electrons. The molecule has 3 amide bonds. The first-order valence-electron chi connectivity index (χ1n) is 21.8. The summed E-state index contributed by atoms with van der Waals surface area (Å²) in [6.45, 7) is 2.09. The van der Waals surface area contributed by atoms with E-state index < -0.39 is 60.7 Å². The van der Waals surface area contributed by atoms with Crippen LogP contribution in [-0.2, 0) is 71.0 Å². The quantitative estimate of drug-likeness (QED) is 0.0458. The van der Waals surface area contributed by atoms with Gasteiger partial charge in [-0.3, -0.25) is 19.9 Å². The number of aromatic nitrogens is 1. The summed E-state index contributed by atoms with van der Waals surface area (Å²) in [4.78, 5) is 48.3. The predicted molar refractivity (Wildman–Crippen MR) is 245 cm³/mol. The predicted octanol–water partition coefficient (Wildman–Crippen LogP) is 5.73. The minimum absolute atomic E-state index is 0.0249. The Labute approximate surface area is 388 Å².